The van der Waals surface area contributed by atoms with Crippen LogP contribution in [0, 0.1) is 12.7 Å². The van der Waals surface area contributed by atoms with E-state index in [1.165, 1.54) is 19.1 Å². The molecule has 2 fully saturated rings. The molecule has 0 saturated carbocycles. The van der Waals surface area contributed by atoms with Gasteiger partial charge in [-0.1, -0.05) is 6.07 Å². The van der Waals surface area contributed by atoms with E-state index < -0.39 is 41.5 Å². The monoisotopic (exact) mass is 489 g/mol. The van der Waals surface area contributed by atoms with Crippen molar-refractivity contribution in [2.45, 2.75) is 63.2 Å². The number of nitrogens with zero attached hydrogens (tertiary/aromatic N) is 1. The topological polar surface area (TPSA) is 29.5 Å². The molecule has 0 spiro atoms. The molecule has 0 bridgehead atoms. The highest BCUT2D eigenvalue weighted by Gasteiger charge is 2.49. The second-order valence-electron chi connectivity index (χ2n) is 8.83. The van der Waals surface area contributed by atoms with Crippen LogP contribution in [0.1, 0.15) is 59.6 Å². The van der Waals surface area contributed by atoms with E-state index in [0.717, 1.165) is 5.56 Å². The van der Waals surface area contributed by atoms with Crippen molar-refractivity contribution in [3.63, 3.8) is 0 Å². The zero-order valence-electron chi connectivity index (χ0n) is 18.3. The Hall–Kier alpha value is -2.62. The molecule has 10 heteroatoms. The van der Waals surface area contributed by atoms with E-state index in [0.29, 0.717) is 30.5 Å². The lowest BCUT2D eigenvalue weighted by Crippen LogP contribution is -2.29. The Morgan fingerprint density at radius 3 is 2.18 bits per heavy atom. The standard InChI is InChI=1S/C24H22F7NO2/c1-12-7-17(25)3-4-18(12)22-19-5-6-21(33)32(19)11-20(22)34-13(2)14-8-15(23(26,27)28)10-16(9-14)24(29,30)31/h3-4,7-10,13,19-20,22H,5-6,11H2,1-2H3/t13-,19+,20+,22?/m1/s1. The van der Waals surface area contributed by atoms with Gasteiger partial charge in [-0.2, -0.15) is 26.3 Å². The van der Waals surface area contributed by atoms with E-state index in [9.17, 15) is 35.5 Å². The van der Waals surface area contributed by atoms with Crippen LogP contribution in [0.4, 0.5) is 30.7 Å². The summed E-state index contributed by atoms with van der Waals surface area (Å²) in [5.74, 6) is -0.914. The summed E-state index contributed by atoms with van der Waals surface area (Å²) >= 11 is 0. The molecule has 184 valence electrons. The van der Waals surface area contributed by atoms with Crippen molar-refractivity contribution >= 4 is 5.91 Å². The molecule has 2 aromatic carbocycles. The van der Waals surface area contributed by atoms with Gasteiger partial charge in [0.2, 0.25) is 5.91 Å². The van der Waals surface area contributed by atoms with Crippen molar-refractivity contribution in [3.05, 3.63) is 70.0 Å². The fourth-order valence-electron chi connectivity index (χ4n) is 5.02. The molecule has 4 atom stereocenters. The minimum absolute atomic E-state index is 0.0746. The third kappa shape index (κ3) is 4.64. The van der Waals surface area contributed by atoms with E-state index in [1.807, 2.05) is 0 Å². The van der Waals surface area contributed by atoms with Gasteiger partial charge in [-0.15, -0.1) is 0 Å². The molecule has 0 aromatic heterocycles. The first-order valence-corrected chi connectivity index (χ1v) is 10.8. The lowest BCUT2D eigenvalue weighted by Gasteiger charge is -2.28. The number of hydrogen-bond acceptors (Lipinski definition) is 2. The van der Waals surface area contributed by atoms with Gasteiger partial charge in [0.15, 0.2) is 0 Å². The molecular formula is C24H22F7NO2. The van der Waals surface area contributed by atoms with Crippen LogP contribution in [0.15, 0.2) is 36.4 Å². The maximum absolute atomic E-state index is 13.7. The highest BCUT2D eigenvalue weighted by atomic mass is 19.4. The largest absolute Gasteiger partial charge is 0.416 e. The van der Waals surface area contributed by atoms with Crippen LogP contribution in [0.2, 0.25) is 0 Å². The first-order valence-electron chi connectivity index (χ1n) is 10.8. The Morgan fingerprint density at radius 2 is 1.62 bits per heavy atom. The summed E-state index contributed by atoms with van der Waals surface area (Å²) in [6, 6.07) is 5.36. The fraction of sp³-hybridized carbons (Fsp3) is 0.458. The summed E-state index contributed by atoms with van der Waals surface area (Å²) in [4.78, 5) is 14.0. The molecule has 1 unspecified atom stereocenters. The lowest BCUT2D eigenvalue weighted by molar-refractivity contribution is -0.143. The quantitative estimate of drug-likeness (QED) is 0.465. The predicted molar refractivity (Wildman–Crippen MR) is 108 cm³/mol. The molecule has 4 rings (SSSR count). The van der Waals surface area contributed by atoms with Crippen molar-refractivity contribution in [3.8, 4) is 0 Å². The van der Waals surface area contributed by atoms with Crippen LogP contribution in [-0.2, 0) is 21.9 Å². The van der Waals surface area contributed by atoms with Crippen LogP contribution in [0.25, 0.3) is 0 Å². The summed E-state index contributed by atoms with van der Waals surface area (Å²) in [6.45, 7) is 3.25. The number of alkyl halides is 6. The minimum Gasteiger partial charge on any atom is -0.368 e. The zero-order chi connectivity index (χ0) is 25.0. The van der Waals surface area contributed by atoms with Gasteiger partial charge in [0.25, 0.3) is 0 Å². The number of carbonyl (C=O) groups is 1. The van der Waals surface area contributed by atoms with E-state index in [-0.39, 0.29) is 36.0 Å². The summed E-state index contributed by atoms with van der Waals surface area (Å²) in [7, 11) is 0. The van der Waals surface area contributed by atoms with Crippen LogP contribution in [0.3, 0.4) is 0 Å². The molecule has 0 N–H and O–H groups in total. The smallest absolute Gasteiger partial charge is 0.368 e. The lowest BCUT2D eigenvalue weighted by atomic mass is 9.85. The Labute approximate surface area is 191 Å². The van der Waals surface area contributed by atoms with Crippen molar-refractivity contribution < 1.29 is 40.3 Å². The van der Waals surface area contributed by atoms with Gasteiger partial charge < -0.3 is 9.64 Å². The molecule has 3 nitrogen and oxygen atoms in total. The summed E-state index contributed by atoms with van der Waals surface area (Å²) in [5, 5.41) is 0. The highest BCUT2D eigenvalue weighted by molar-refractivity contribution is 5.79. The molecular weight excluding hydrogens is 467 g/mol. The summed E-state index contributed by atoms with van der Waals surface area (Å²) in [5.41, 5.74) is -1.73. The molecule has 2 aliphatic heterocycles. The number of aryl methyl sites for hydroxylation is 1. The van der Waals surface area contributed by atoms with Gasteiger partial charge in [0.1, 0.15) is 5.82 Å². The Bertz CT molecular complexity index is 1060. The van der Waals surface area contributed by atoms with Gasteiger partial charge in [0, 0.05) is 24.9 Å². The molecule has 2 aliphatic rings. The third-order valence-corrected chi connectivity index (χ3v) is 6.62. The van der Waals surface area contributed by atoms with Crippen molar-refractivity contribution in [2.75, 3.05) is 6.54 Å². The number of ether oxygens (including phenoxy) is 1. The number of amides is 1. The van der Waals surface area contributed by atoms with E-state index >= 15 is 0 Å². The predicted octanol–water partition coefficient (Wildman–Crippen LogP) is 6.41. The molecule has 0 aliphatic carbocycles. The Morgan fingerprint density at radius 1 is 1.00 bits per heavy atom. The number of fused-ring (bicyclic) bond motifs is 1. The van der Waals surface area contributed by atoms with Crippen molar-refractivity contribution in [1.29, 1.82) is 0 Å². The first kappa shape index (κ1) is 24.5. The second-order valence-corrected chi connectivity index (χ2v) is 8.83. The number of benzene rings is 2. The van der Waals surface area contributed by atoms with Crippen LogP contribution >= 0.6 is 0 Å². The number of rotatable bonds is 4. The van der Waals surface area contributed by atoms with Crippen molar-refractivity contribution in [1.82, 2.24) is 4.90 Å². The molecule has 1 amide bonds. The van der Waals surface area contributed by atoms with Gasteiger partial charge in [-0.05, 0) is 67.3 Å². The number of carbonyl (C=O) groups excluding carboxylic acids is 1. The van der Waals surface area contributed by atoms with Crippen LogP contribution < -0.4 is 0 Å². The van der Waals surface area contributed by atoms with E-state index in [4.69, 9.17) is 4.74 Å². The fourth-order valence-corrected chi connectivity index (χ4v) is 5.02. The van der Waals surface area contributed by atoms with Gasteiger partial charge in [-0.3, -0.25) is 4.79 Å². The first-order chi connectivity index (χ1) is 15.8. The van der Waals surface area contributed by atoms with Crippen molar-refractivity contribution in [2.24, 2.45) is 0 Å². The molecule has 2 saturated heterocycles. The summed E-state index contributed by atoms with van der Waals surface area (Å²) < 4.78 is 99.4. The molecule has 0 radical (unpaired) electrons. The summed E-state index contributed by atoms with van der Waals surface area (Å²) in [6.07, 6.45) is -10.9. The highest BCUT2D eigenvalue weighted by Crippen LogP contribution is 2.45. The van der Waals surface area contributed by atoms with Crippen LogP contribution in [0.5, 0.6) is 0 Å². The number of hydrogen-bond donors (Lipinski definition) is 0. The maximum atomic E-state index is 13.7. The normalized spacial score (nSPS) is 24.0. The Balaban J connectivity index is 1.68. The second kappa shape index (κ2) is 8.55. The Kier molecular flexibility index (Phi) is 6.16. The average molecular weight is 489 g/mol. The van der Waals surface area contributed by atoms with Gasteiger partial charge in [0.05, 0.1) is 23.3 Å². The van der Waals surface area contributed by atoms with Gasteiger partial charge in [-0.25, -0.2) is 4.39 Å². The van der Waals surface area contributed by atoms with Gasteiger partial charge >= 0.3 is 12.4 Å². The molecule has 2 aromatic rings. The average Bonchev–Trinajstić information content (AvgIpc) is 3.26. The van der Waals surface area contributed by atoms with E-state index in [1.54, 1.807) is 17.9 Å². The van der Waals surface area contributed by atoms with Crippen LogP contribution in [-0.4, -0.2) is 29.5 Å². The maximum Gasteiger partial charge on any atom is 0.416 e. The van der Waals surface area contributed by atoms with E-state index in [2.05, 4.69) is 0 Å². The number of halogens is 7. The zero-order valence-corrected chi connectivity index (χ0v) is 18.3. The minimum atomic E-state index is -4.97. The third-order valence-electron chi connectivity index (χ3n) is 6.62. The molecule has 34 heavy (non-hydrogen) atoms. The molecule has 2 heterocycles. The SMILES string of the molecule is Cc1cc(F)ccc1C1[C@@H](O[C@H](C)c2cc(C(F)(F)F)cc(C(F)(F)F)c2)CN2C(=O)CC[C@@H]12.